The molecule has 4 atom stereocenters. The lowest BCUT2D eigenvalue weighted by Gasteiger charge is -2.40. The summed E-state index contributed by atoms with van der Waals surface area (Å²) in [6.07, 6.45) is 0.639. The number of methoxy groups -OCH3 is 1. The predicted molar refractivity (Wildman–Crippen MR) is 162 cm³/mol. The van der Waals surface area contributed by atoms with Gasteiger partial charge < -0.3 is 44.8 Å². The topological polar surface area (TPSA) is 161 Å². The summed E-state index contributed by atoms with van der Waals surface area (Å²) in [7, 11) is 1.47. The Bertz CT molecular complexity index is 1530. The number of benzene rings is 2. The molecule has 2 heterocycles. The van der Waals surface area contributed by atoms with Crippen molar-refractivity contribution in [2.45, 2.75) is 63.4 Å². The molecular formula is C33H39N3O8. The number of ketones is 1. The highest BCUT2D eigenvalue weighted by atomic mass is 16.5. The van der Waals surface area contributed by atoms with E-state index < -0.39 is 30.1 Å². The quantitative estimate of drug-likeness (QED) is 0.198. The van der Waals surface area contributed by atoms with Crippen molar-refractivity contribution in [2.24, 2.45) is 0 Å². The van der Waals surface area contributed by atoms with E-state index in [9.17, 15) is 29.7 Å². The van der Waals surface area contributed by atoms with Gasteiger partial charge in [0.2, 0.25) is 11.8 Å². The molecule has 3 aromatic rings. The number of hydrogen-bond acceptors (Lipinski definition) is 8. The molecule has 44 heavy (non-hydrogen) atoms. The minimum Gasteiger partial charge on any atom is -0.493 e. The minimum absolute atomic E-state index is 0.0148. The molecule has 5 N–H and O–H groups in total. The number of para-hydroxylation sites is 1. The van der Waals surface area contributed by atoms with Gasteiger partial charge in [0.15, 0.2) is 11.5 Å². The van der Waals surface area contributed by atoms with Crippen molar-refractivity contribution in [2.75, 3.05) is 26.8 Å². The van der Waals surface area contributed by atoms with Gasteiger partial charge in [0.05, 0.1) is 32.3 Å². The number of amides is 2. The molecule has 2 aliphatic rings. The number of carbonyl (C=O) groups is 3. The lowest BCUT2D eigenvalue weighted by molar-refractivity contribution is -0.137. The lowest BCUT2D eigenvalue weighted by atomic mass is 9.77. The molecule has 0 bridgehead atoms. The summed E-state index contributed by atoms with van der Waals surface area (Å²) in [4.78, 5) is 43.8. The van der Waals surface area contributed by atoms with Crippen LogP contribution in [0.15, 0.2) is 54.1 Å². The number of aliphatic hydroxyl groups is 3. The van der Waals surface area contributed by atoms with Gasteiger partial charge in [-0.1, -0.05) is 18.2 Å². The average Bonchev–Trinajstić information content (AvgIpc) is 3.62. The number of aromatic amines is 1. The molecule has 2 amide bonds. The number of ether oxygens (including phenoxy) is 2. The van der Waals surface area contributed by atoms with Gasteiger partial charge in [-0.05, 0) is 54.6 Å². The number of rotatable bonds is 13. The second kappa shape index (κ2) is 13.6. The van der Waals surface area contributed by atoms with E-state index >= 15 is 0 Å². The summed E-state index contributed by atoms with van der Waals surface area (Å²) < 4.78 is 11.8. The van der Waals surface area contributed by atoms with Gasteiger partial charge >= 0.3 is 0 Å². The van der Waals surface area contributed by atoms with Crippen molar-refractivity contribution in [3.8, 4) is 11.5 Å². The van der Waals surface area contributed by atoms with Crippen LogP contribution in [0.5, 0.6) is 11.5 Å². The van der Waals surface area contributed by atoms with Crippen molar-refractivity contribution in [1.82, 2.24) is 15.2 Å². The van der Waals surface area contributed by atoms with E-state index in [1.165, 1.54) is 14.0 Å². The van der Waals surface area contributed by atoms with Gasteiger partial charge in [-0.2, -0.15) is 0 Å². The van der Waals surface area contributed by atoms with Crippen LogP contribution in [0.1, 0.15) is 48.9 Å². The molecule has 1 aliphatic heterocycles. The van der Waals surface area contributed by atoms with Gasteiger partial charge in [0.25, 0.3) is 0 Å². The number of hydrogen-bond donors (Lipinski definition) is 5. The summed E-state index contributed by atoms with van der Waals surface area (Å²) in [5.74, 6) is -0.728. The van der Waals surface area contributed by atoms with Crippen LogP contribution in [0.4, 0.5) is 0 Å². The minimum atomic E-state index is -1.22. The normalized spacial score (nSPS) is 20.3. The average molecular weight is 606 g/mol. The smallest absolute Gasteiger partial charge is 0.247 e. The maximum atomic E-state index is 13.7. The predicted octanol–water partition coefficient (Wildman–Crippen LogP) is 2.12. The molecule has 5 rings (SSSR count). The number of aliphatic hydroxyl groups excluding tert-OH is 3. The highest BCUT2D eigenvalue weighted by molar-refractivity contribution is 5.96. The van der Waals surface area contributed by atoms with Crippen LogP contribution in [0.25, 0.3) is 10.9 Å². The first kappa shape index (κ1) is 31.2. The number of nitrogens with zero attached hydrogens (tertiary/aromatic N) is 1. The Morgan fingerprint density at radius 1 is 1.11 bits per heavy atom. The monoisotopic (exact) mass is 605 g/mol. The molecule has 0 unspecified atom stereocenters. The first-order valence-corrected chi connectivity index (χ1v) is 14.9. The van der Waals surface area contributed by atoms with Crippen LogP contribution >= 0.6 is 0 Å². The third-order valence-electron chi connectivity index (χ3n) is 8.30. The molecule has 11 heteroatoms. The van der Waals surface area contributed by atoms with E-state index in [0.29, 0.717) is 35.5 Å². The Balaban J connectivity index is 1.52. The van der Waals surface area contributed by atoms with E-state index in [0.717, 1.165) is 16.6 Å². The van der Waals surface area contributed by atoms with Crippen LogP contribution < -0.4 is 14.8 Å². The van der Waals surface area contributed by atoms with E-state index in [1.54, 1.807) is 23.1 Å². The molecule has 1 aromatic heterocycles. The van der Waals surface area contributed by atoms with E-state index in [2.05, 4.69) is 10.3 Å². The van der Waals surface area contributed by atoms with Gasteiger partial charge in [-0.15, -0.1) is 0 Å². The fourth-order valence-corrected chi connectivity index (χ4v) is 6.20. The summed E-state index contributed by atoms with van der Waals surface area (Å²) in [5, 5.41) is 34.8. The number of aromatic nitrogens is 1. The maximum Gasteiger partial charge on any atom is 0.247 e. The Morgan fingerprint density at radius 3 is 2.61 bits per heavy atom. The van der Waals surface area contributed by atoms with Gasteiger partial charge in [-0.3, -0.25) is 9.59 Å². The van der Waals surface area contributed by atoms with Crippen molar-refractivity contribution >= 4 is 28.5 Å². The molecular weight excluding hydrogens is 566 g/mol. The summed E-state index contributed by atoms with van der Waals surface area (Å²) in [6.45, 7) is 1.20. The standard InChI is InChI=1S/C33H39N3O8/c1-19(39)6-5-9-28(40)36(12-10-22-16-21-7-3-4-8-25(21)35-22)26-17-24(33(42)34-11-13-37)29-23-14-20(18-38)15-27(43-2)31(23)44-32(29)30(26)41/h3-4,7-8,14-17,26,29-30,32,35,37-38,41H,5-6,9-13,18H2,1-2H3,(H,34,42)/t26-,29+,30+,32+/m1/s1. The van der Waals surface area contributed by atoms with Crippen molar-refractivity contribution in [3.63, 3.8) is 0 Å². The van der Waals surface area contributed by atoms with E-state index in [-0.39, 0.29) is 56.4 Å². The summed E-state index contributed by atoms with van der Waals surface area (Å²) >= 11 is 0. The molecule has 2 aromatic carbocycles. The number of nitrogens with one attached hydrogen (secondary N) is 2. The van der Waals surface area contributed by atoms with Crippen molar-refractivity contribution < 1.29 is 39.2 Å². The zero-order chi connectivity index (χ0) is 31.4. The molecule has 1 aliphatic carbocycles. The zero-order valence-corrected chi connectivity index (χ0v) is 24.9. The van der Waals surface area contributed by atoms with Crippen molar-refractivity contribution in [3.05, 3.63) is 70.9 Å². The zero-order valence-electron chi connectivity index (χ0n) is 24.9. The van der Waals surface area contributed by atoms with Gasteiger partial charge in [-0.25, -0.2) is 0 Å². The fourth-order valence-electron chi connectivity index (χ4n) is 6.20. The van der Waals surface area contributed by atoms with Gasteiger partial charge in [0.1, 0.15) is 18.0 Å². The number of Topliss-reactive ketones (excluding diaryl/α,β-unsaturated/α-hetero) is 1. The number of H-pyrrole nitrogens is 1. The van der Waals surface area contributed by atoms with Crippen LogP contribution in [0, 0.1) is 0 Å². The van der Waals surface area contributed by atoms with Crippen LogP contribution in [0.3, 0.4) is 0 Å². The third kappa shape index (κ3) is 6.35. The van der Waals surface area contributed by atoms with E-state index in [1.807, 2.05) is 30.3 Å². The molecule has 234 valence electrons. The number of carbonyl (C=O) groups excluding carboxylic acids is 3. The molecule has 0 saturated carbocycles. The van der Waals surface area contributed by atoms with Crippen LogP contribution in [0.2, 0.25) is 0 Å². The second-order valence-corrected chi connectivity index (χ2v) is 11.3. The fraction of sp³-hybridized carbons (Fsp3) is 0.424. The summed E-state index contributed by atoms with van der Waals surface area (Å²) in [5.41, 5.74) is 3.29. The molecule has 0 saturated heterocycles. The van der Waals surface area contributed by atoms with Gasteiger partial charge in [0, 0.05) is 54.7 Å². The molecule has 0 radical (unpaired) electrons. The largest absolute Gasteiger partial charge is 0.493 e. The Morgan fingerprint density at radius 2 is 1.91 bits per heavy atom. The lowest BCUT2D eigenvalue weighted by Crippen LogP contribution is -2.56. The van der Waals surface area contributed by atoms with Crippen LogP contribution in [-0.2, 0) is 27.4 Å². The maximum absolute atomic E-state index is 13.7. The van der Waals surface area contributed by atoms with E-state index in [4.69, 9.17) is 9.47 Å². The summed E-state index contributed by atoms with van der Waals surface area (Å²) in [6, 6.07) is 12.3. The van der Waals surface area contributed by atoms with Crippen molar-refractivity contribution in [1.29, 1.82) is 0 Å². The highest BCUT2D eigenvalue weighted by Gasteiger charge is 2.51. The Kier molecular flexibility index (Phi) is 9.68. The Hall–Kier alpha value is -4.19. The molecule has 11 nitrogen and oxygen atoms in total. The van der Waals surface area contributed by atoms with Crippen LogP contribution in [-0.4, -0.2) is 87.9 Å². The molecule has 0 spiro atoms. The SMILES string of the molecule is COc1cc(CO)cc2c1O[C@@H]1[C@@H](O)[C@H](N(CCc3cc4ccccc4[nH]3)C(=O)CCCC(C)=O)C=C(C(=O)NCCO)[C@H]21. The number of fused-ring (bicyclic) bond motifs is 4. The second-order valence-electron chi connectivity index (χ2n) is 11.3. The first-order chi connectivity index (χ1) is 21.2. The third-order valence-corrected chi connectivity index (χ3v) is 8.30. The molecule has 0 fully saturated rings. The first-order valence-electron chi connectivity index (χ1n) is 14.9. The Labute approximate surface area is 255 Å². The highest BCUT2D eigenvalue weighted by Crippen LogP contribution is 2.51.